The second-order valence-electron chi connectivity index (χ2n) is 4.74. The molecule has 17 heavy (non-hydrogen) atoms. The smallest absolute Gasteiger partial charge is 0.239 e. The SMILES string of the molecule is CCCC(C)NC(=O)CNC1CCN(C)C1=O. The van der Waals surface area contributed by atoms with Gasteiger partial charge < -0.3 is 10.2 Å². The Balaban J connectivity index is 2.22. The minimum Gasteiger partial charge on any atom is -0.353 e. The Labute approximate surface area is 103 Å². The topological polar surface area (TPSA) is 61.4 Å². The molecule has 1 aliphatic rings. The summed E-state index contributed by atoms with van der Waals surface area (Å²) in [5.74, 6) is 0.0488. The van der Waals surface area contributed by atoms with Crippen molar-refractivity contribution in [1.82, 2.24) is 15.5 Å². The highest BCUT2D eigenvalue weighted by atomic mass is 16.2. The van der Waals surface area contributed by atoms with Crippen LogP contribution < -0.4 is 10.6 Å². The van der Waals surface area contributed by atoms with E-state index in [0.29, 0.717) is 0 Å². The number of carbonyl (C=O) groups excluding carboxylic acids is 2. The lowest BCUT2D eigenvalue weighted by molar-refractivity contribution is -0.128. The Bertz CT molecular complexity index is 281. The van der Waals surface area contributed by atoms with Gasteiger partial charge in [0, 0.05) is 19.6 Å². The summed E-state index contributed by atoms with van der Waals surface area (Å²) in [7, 11) is 1.79. The van der Waals surface area contributed by atoms with E-state index in [-0.39, 0.29) is 30.4 Å². The van der Waals surface area contributed by atoms with Crippen molar-refractivity contribution in [1.29, 1.82) is 0 Å². The van der Waals surface area contributed by atoms with Crippen LogP contribution >= 0.6 is 0 Å². The first-order valence-corrected chi connectivity index (χ1v) is 6.32. The van der Waals surface area contributed by atoms with Gasteiger partial charge in [0.05, 0.1) is 12.6 Å². The van der Waals surface area contributed by atoms with E-state index in [1.807, 2.05) is 6.92 Å². The van der Waals surface area contributed by atoms with Crippen LogP contribution in [0, 0.1) is 0 Å². The third-order valence-corrected chi connectivity index (χ3v) is 3.07. The van der Waals surface area contributed by atoms with Gasteiger partial charge >= 0.3 is 0 Å². The zero-order valence-electron chi connectivity index (χ0n) is 11.0. The Hall–Kier alpha value is -1.10. The third kappa shape index (κ3) is 4.34. The molecule has 2 amide bonds. The lowest BCUT2D eigenvalue weighted by atomic mass is 10.2. The third-order valence-electron chi connectivity index (χ3n) is 3.07. The maximum Gasteiger partial charge on any atom is 0.239 e. The van der Waals surface area contributed by atoms with Crippen LogP contribution in [0.2, 0.25) is 0 Å². The number of nitrogens with zero attached hydrogens (tertiary/aromatic N) is 1. The lowest BCUT2D eigenvalue weighted by Crippen LogP contribution is -2.44. The van der Waals surface area contributed by atoms with Crippen molar-refractivity contribution >= 4 is 11.8 Å². The maximum atomic E-state index is 11.6. The average molecular weight is 241 g/mol. The highest BCUT2D eigenvalue weighted by Gasteiger charge is 2.28. The van der Waals surface area contributed by atoms with E-state index < -0.39 is 0 Å². The monoisotopic (exact) mass is 241 g/mol. The number of hydrogen-bond acceptors (Lipinski definition) is 3. The summed E-state index contributed by atoms with van der Waals surface area (Å²) in [6.07, 6.45) is 2.82. The molecule has 2 atom stereocenters. The summed E-state index contributed by atoms with van der Waals surface area (Å²) < 4.78 is 0. The highest BCUT2D eigenvalue weighted by Crippen LogP contribution is 2.07. The Morgan fingerprint density at radius 1 is 1.59 bits per heavy atom. The molecule has 1 saturated heterocycles. The quantitative estimate of drug-likeness (QED) is 0.694. The van der Waals surface area contributed by atoms with Crippen molar-refractivity contribution in [3.8, 4) is 0 Å². The van der Waals surface area contributed by atoms with Gasteiger partial charge in [0.1, 0.15) is 0 Å². The molecular weight excluding hydrogens is 218 g/mol. The second-order valence-corrected chi connectivity index (χ2v) is 4.74. The predicted octanol–water partition coefficient (Wildman–Crippen LogP) is 0.112. The number of nitrogens with one attached hydrogen (secondary N) is 2. The zero-order chi connectivity index (χ0) is 12.8. The average Bonchev–Trinajstić information content (AvgIpc) is 2.57. The van der Waals surface area contributed by atoms with E-state index >= 15 is 0 Å². The van der Waals surface area contributed by atoms with Gasteiger partial charge in [-0.2, -0.15) is 0 Å². The first kappa shape index (κ1) is 14.0. The number of likely N-dealkylation sites (tertiary alicyclic amines) is 1. The Morgan fingerprint density at radius 3 is 2.82 bits per heavy atom. The molecule has 0 aliphatic carbocycles. The van der Waals surface area contributed by atoms with Crippen LogP contribution in [0.1, 0.15) is 33.1 Å². The van der Waals surface area contributed by atoms with Crippen LogP contribution in [0.15, 0.2) is 0 Å². The van der Waals surface area contributed by atoms with Gasteiger partial charge in [-0.15, -0.1) is 0 Å². The first-order chi connectivity index (χ1) is 8.04. The molecule has 0 aromatic carbocycles. The van der Waals surface area contributed by atoms with Crippen molar-refractivity contribution in [2.24, 2.45) is 0 Å². The minimum absolute atomic E-state index is 0.0340. The molecule has 0 saturated carbocycles. The molecule has 0 aromatic rings. The number of hydrogen-bond donors (Lipinski definition) is 2. The van der Waals surface area contributed by atoms with Gasteiger partial charge in [0.2, 0.25) is 11.8 Å². The van der Waals surface area contributed by atoms with E-state index in [0.717, 1.165) is 25.8 Å². The van der Waals surface area contributed by atoms with Gasteiger partial charge in [-0.1, -0.05) is 13.3 Å². The molecule has 1 fully saturated rings. The van der Waals surface area contributed by atoms with Crippen molar-refractivity contribution in [3.63, 3.8) is 0 Å². The fourth-order valence-electron chi connectivity index (χ4n) is 2.06. The molecule has 98 valence electrons. The number of amides is 2. The van der Waals surface area contributed by atoms with Crippen molar-refractivity contribution in [2.75, 3.05) is 20.1 Å². The van der Waals surface area contributed by atoms with E-state index in [2.05, 4.69) is 17.6 Å². The summed E-state index contributed by atoms with van der Waals surface area (Å²) in [6.45, 7) is 5.08. The van der Waals surface area contributed by atoms with E-state index in [4.69, 9.17) is 0 Å². The first-order valence-electron chi connectivity index (χ1n) is 6.32. The van der Waals surface area contributed by atoms with Crippen molar-refractivity contribution < 1.29 is 9.59 Å². The summed E-state index contributed by atoms with van der Waals surface area (Å²) in [6, 6.07) is 0.0171. The van der Waals surface area contributed by atoms with Crippen molar-refractivity contribution in [3.05, 3.63) is 0 Å². The predicted molar refractivity (Wildman–Crippen MR) is 66.6 cm³/mol. The van der Waals surface area contributed by atoms with Crippen molar-refractivity contribution in [2.45, 2.75) is 45.2 Å². The molecule has 1 rings (SSSR count). The summed E-state index contributed by atoms with van der Waals surface area (Å²) >= 11 is 0. The van der Waals surface area contributed by atoms with Crippen LogP contribution in [-0.2, 0) is 9.59 Å². The standard InChI is InChI=1S/C12H23N3O2/c1-4-5-9(2)14-11(16)8-13-10-6-7-15(3)12(10)17/h9-10,13H,4-8H2,1-3H3,(H,14,16). The zero-order valence-corrected chi connectivity index (χ0v) is 11.0. The van der Waals surface area contributed by atoms with Crippen LogP contribution in [0.4, 0.5) is 0 Å². The second kappa shape index (κ2) is 6.59. The van der Waals surface area contributed by atoms with Gasteiger partial charge in [0.15, 0.2) is 0 Å². The largest absolute Gasteiger partial charge is 0.353 e. The molecule has 0 radical (unpaired) electrons. The van der Waals surface area contributed by atoms with E-state index in [1.54, 1.807) is 11.9 Å². The molecule has 0 aromatic heterocycles. The molecule has 1 heterocycles. The van der Waals surface area contributed by atoms with Gasteiger partial charge in [-0.25, -0.2) is 0 Å². The summed E-state index contributed by atoms with van der Waals surface area (Å²) in [5.41, 5.74) is 0. The van der Waals surface area contributed by atoms with Crippen LogP contribution in [0.3, 0.4) is 0 Å². The number of carbonyl (C=O) groups is 2. The highest BCUT2D eigenvalue weighted by molar-refractivity contribution is 5.85. The lowest BCUT2D eigenvalue weighted by Gasteiger charge is -2.15. The number of likely N-dealkylation sites (N-methyl/N-ethyl adjacent to an activating group) is 1. The van der Waals surface area contributed by atoms with E-state index in [9.17, 15) is 9.59 Å². The van der Waals surface area contributed by atoms with Crippen LogP contribution in [-0.4, -0.2) is 48.9 Å². The fourth-order valence-corrected chi connectivity index (χ4v) is 2.06. The molecule has 2 unspecified atom stereocenters. The van der Waals surface area contributed by atoms with Gasteiger partial charge in [0.25, 0.3) is 0 Å². The fraction of sp³-hybridized carbons (Fsp3) is 0.833. The van der Waals surface area contributed by atoms with Gasteiger partial charge in [-0.05, 0) is 19.8 Å². The van der Waals surface area contributed by atoms with Crippen LogP contribution in [0.25, 0.3) is 0 Å². The van der Waals surface area contributed by atoms with Gasteiger partial charge in [-0.3, -0.25) is 14.9 Å². The Morgan fingerprint density at radius 2 is 2.29 bits per heavy atom. The minimum atomic E-state index is -0.188. The molecule has 5 nitrogen and oxygen atoms in total. The summed E-state index contributed by atoms with van der Waals surface area (Å²) in [4.78, 5) is 24.8. The molecule has 0 spiro atoms. The van der Waals surface area contributed by atoms with Crippen LogP contribution in [0.5, 0.6) is 0 Å². The molecule has 0 bridgehead atoms. The normalized spacial score (nSPS) is 21.7. The summed E-state index contributed by atoms with van der Waals surface area (Å²) in [5, 5.41) is 5.91. The number of rotatable bonds is 6. The molecule has 5 heteroatoms. The molecular formula is C12H23N3O2. The molecule has 2 N–H and O–H groups in total. The molecule has 1 aliphatic heterocycles. The Kier molecular flexibility index (Phi) is 5.41. The maximum absolute atomic E-state index is 11.6. The van der Waals surface area contributed by atoms with E-state index in [1.165, 1.54) is 0 Å².